The smallest absolute Gasteiger partial charge is 0.209 e. The lowest BCUT2D eigenvalue weighted by atomic mass is 9.81. The summed E-state index contributed by atoms with van der Waals surface area (Å²) < 4.78 is 5.11. The summed E-state index contributed by atoms with van der Waals surface area (Å²) in [6.07, 6.45) is 11.3. The molecule has 0 bridgehead atoms. The minimum absolute atomic E-state index is 0.0693. The first-order valence-corrected chi connectivity index (χ1v) is 16.6. The van der Waals surface area contributed by atoms with Crippen LogP contribution in [0.4, 0.5) is 17.1 Å². The largest absolute Gasteiger partial charge is 0.446 e. The average molecular weight is 609 g/mol. The average Bonchev–Trinajstić information content (AvgIpc) is 3.43. The maximum Gasteiger partial charge on any atom is 0.209 e. The summed E-state index contributed by atoms with van der Waals surface area (Å²) in [7, 11) is 3.89. The number of nitrogens with zero attached hydrogens (tertiary/aromatic N) is 2. The van der Waals surface area contributed by atoms with Gasteiger partial charge in [-0.05, 0) is 80.8 Å². The van der Waals surface area contributed by atoms with E-state index >= 15 is 0 Å². The molecule has 0 saturated carbocycles. The zero-order valence-electron chi connectivity index (χ0n) is 27.8. The van der Waals surface area contributed by atoms with Crippen LogP contribution in [0.25, 0.3) is 12.2 Å². The van der Waals surface area contributed by atoms with Crippen molar-refractivity contribution in [2.24, 2.45) is 5.73 Å². The van der Waals surface area contributed by atoms with E-state index in [9.17, 15) is 0 Å². The van der Waals surface area contributed by atoms with Gasteiger partial charge in [0.15, 0.2) is 11.4 Å². The molecule has 234 valence electrons. The summed E-state index contributed by atoms with van der Waals surface area (Å²) in [6, 6.07) is 35.0. The number of hydrogen-bond donors (Lipinski definition) is 2. The Morgan fingerprint density at radius 1 is 0.609 bits per heavy atom. The first-order chi connectivity index (χ1) is 22.2. The number of quaternary nitrogens is 1. The van der Waals surface area contributed by atoms with Crippen molar-refractivity contribution in [3.63, 3.8) is 0 Å². The second-order valence-corrected chi connectivity index (χ2v) is 13.5. The molecular weight excluding hydrogens is 560 g/mol. The van der Waals surface area contributed by atoms with Crippen LogP contribution in [-0.2, 0) is 17.4 Å². The molecule has 0 atom stereocenters. The fourth-order valence-electron chi connectivity index (χ4n) is 7.16. The number of allylic oxidation sites excluding steroid dienone is 2. The number of nitrogens with two attached hydrogens (primary N) is 2. The lowest BCUT2D eigenvalue weighted by Crippen LogP contribution is -2.69. The number of unbranched alkanes of at least 4 members (excludes halogenated alkanes) is 1. The molecule has 46 heavy (non-hydrogen) atoms. The van der Waals surface area contributed by atoms with Gasteiger partial charge >= 0.3 is 0 Å². The molecule has 0 spiro atoms. The molecule has 4 aromatic rings. The minimum Gasteiger partial charge on any atom is -0.446 e. The molecule has 0 aromatic heterocycles. The molecule has 2 heterocycles. The SMILES string of the molecule is [CH2-][NH2+]c1ccc(C=CC2=[N+](CCCC[N+]3=C(C=Cc4ccc(CN)cc4)C(C)(C)c4ccccc43)c3ccccc3C2(C)C)cc1. The Kier molecular flexibility index (Phi) is 9.04. The number of hydrogen-bond acceptors (Lipinski definition) is 1. The maximum absolute atomic E-state index is 5.83. The molecular formula is C42H48N4+2. The monoisotopic (exact) mass is 608 g/mol. The number of rotatable bonds is 11. The quantitative estimate of drug-likeness (QED) is 0.0777. The van der Waals surface area contributed by atoms with Crippen LogP contribution in [0.15, 0.2) is 109 Å². The third-order valence-corrected chi connectivity index (χ3v) is 9.87. The highest BCUT2D eigenvalue weighted by Gasteiger charge is 2.45. The van der Waals surface area contributed by atoms with Crippen molar-refractivity contribution in [1.29, 1.82) is 0 Å². The van der Waals surface area contributed by atoms with Crippen molar-refractivity contribution in [2.75, 3.05) is 13.1 Å². The minimum atomic E-state index is -0.0716. The van der Waals surface area contributed by atoms with E-state index in [2.05, 4.69) is 165 Å². The lowest BCUT2D eigenvalue weighted by molar-refractivity contribution is -0.504. The fraction of sp³-hybridized carbons (Fsp3) is 0.262. The zero-order valence-corrected chi connectivity index (χ0v) is 27.8. The molecule has 0 aliphatic carbocycles. The molecule has 0 amide bonds. The Morgan fingerprint density at radius 3 is 1.48 bits per heavy atom. The summed E-state index contributed by atoms with van der Waals surface area (Å²) in [5, 5.41) is 1.89. The predicted molar refractivity (Wildman–Crippen MR) is 194 cm³/mol. The van der Waals surface area contributed by atoms with Crippen LogP contribution >= 0.6 is 0 Å². The van der Waals surface area contributed by atoms with Crippen LogP contribution in [0.3, 0.4) is 0 Å². The molecule has 2 aliphatic heterocycles. The van der Waals surface area contributed by atoms with Gasteiger partial charge in [0.05, 0.1) is 10.8 Å². The highest BCUT2D eigenvalue weighted by molar-refractivity contribution is 6.06. The van der Waals surface area contributed by atoms with Gasteiger partial charge < -0.3 is 11.1 Å². The zero-order chi connectivity index (χ0) is 32.3. The number of benzene rings is 4. The van der Waals surface area contributed by atoms with E-state index < -0.39 is 0 Å². The van der Waals surface area contributed by atoms with E-state index in [0.29, 0.717) is 6.54 Å². The van der Waals surface area contributed by atoms with Crippen molar-refractivity contribution in [3.05, 3.63) is 144 Å². The highest BCUT2D eigenvalue weighted by Crippen LogP contribution is 2.41. The molecule has 4 nitrogen and oxygen atoms in total. The van der Waals surface area contributed by atoms with Gasteiger partial charge in [0.25, 0.3) is 0 Å². The Hall–Kier alpha value is -4.38. The van der Waals surface area contributed by atoms with E-state index in [0.717, 1.165) is 37.2 Å². The van der Waals surface area contributed by atoms with Crippen LogP contribution in [0.2, 0.25) is 0 Å². The van der Waals surface area contributed by atoms with Crippen molar-refractivity contribution < 1.29 is 14.5 Å². The van der Waals surface area contributed by atoms with Gasteiger partial charge in [0.2, 0.25) is 11.4 Å². The normalized spacial score (nSPS) is 16.6. The van der Waals surface area contributed by atoms with Crippen molar-refractivity contribution in [1.82, 2.24) is 0 Å². The van der Waals surface area contributed by atoms with Gasteiger partial charge in [0.1, 0.15) is 18.8 Å². The molecule has 0 fully saturated rings. The molecule has 4 heteroatoms. The fourth-order valence-corrected chi connectivity index (χ4v) is 7.16. The van der Waals surface area contributed by atoms with Gasteiger partial charge in [-0.1, -0.05) is 60.7 Å². The molecule has 2 aliphatic rings. The summed E-state index contributed by atoms with van der Waals surface area (Å²) >= 11 is 0. The molecule has 4 N–H and O–H groups in total. The summed E-state index contributed by atoms with van der Waals surface area (Å²) in [4.78, 5) is 0. The molecule has 0 radical (unpaired) electrons. The summed E-state index contributed by atoms with van der Waals surface area (Å²) in [5.41, 5.74) is 18.5. The molecule has 0 unspecified atom stereocenters. The Balaban J connectivity index is 1.26. The van der Waals surface area contributed by atoms with Crippen LogP contribution in [0.5, 0.6) is 0 Å². The van der Waals surface area contributed by atoms with Crippen LogP contribution in [0.1, 0.15) is 68.4 Å². The summed E-state index contributed by atoms with van der Waals surface area (Å²) in [5.74, 6) is 0. The Labute approximate surface area is 275 Å². The van der Waals surface area contributed by atoms with Crippen LogP contribution < -0.4 is 11.1 Å². The first kappa shape index (κ1) is 31.6. The third kappa shape index (κ3) is 6.08. The van der Waals surface area contributed by atoms with Gasteiger partial charge in [-0.15, -0.1) is 7.05 Å². The lowest BCUT2D eigenvalue weighted by Gasteiger charge is -2.15. The summed E-state index contributed by atoms with van der Waals surface area (Å²) in [6.45, 7) is 11.9. The van der Waals surface area contributed by atoms with E-state index in [1.807, 2.05) is 5.32 Å². The van der Waals surface area contributed by atoms with Crippen LogP contribution in [-0.4, -0.2) is 33.7 Å². The van der Waals surface area contributed by atoms with Gasteiger partial charge in [-0.3, -0.25) is 0 Å². The second-order valence-electron chi connectivity index (χ2n) is 13.5. The second kappa shape index (κ2) is 13.2. The standard InChI is InChI=1S/C42H48N4/c1-41(2)35-12-6-8-14-37(35)45(39(41)26-22-31-16-18-33(30-43)19-17-31)28-10-11-29-46-38-15-9-7-13-36(38)42(3,4)40(46)27-23-32-20-24-34(44-5)25-21-32/h6-9,12-27H,5,10-11,28-30,43-44H2,1-4H3/q+2. The molecule has 4 aromatic carbocycles. The third-order valence-electron chi connectivity index (χ3n) is 9.87. The number of fused-ring (bicyclic) bond motifs is 2. The van der Waals surface area contributed by atoms with Crippen molar-refractivity contribution in [3.8, 4) is 0 Å². The van der Waals surface area contributed by atoms with E-state index in [1.165, 1.54) is 45.1 Å². The van der Waals surface area contributed by atoms with Gasteiger partial charge in [-0.25, -0.2) is 0 Å². The van der Waals surface area contributed by atoms with E-state index in [1.54, 1.807) is 0 Å². The van der Waals surface area contributed by atoms with Crippen molar-refractivity contribution >= 4 is 40.6 Å². The maximum atomic E-state index is 5.83. The topological polar surface area (TPSA) is 48.6 Å². The van der Waals surface area contributed by atoms with Gasteiger partial charge in [0, 0.05) is 54.8 Å². The van der Waals surface area contributed by atoms with Crippen LogP contribution in [0, 0.1) is 7.05 Å². The molecule has 0 saturated heterocycles. The number of para-hydroxylation sites is 2. The Bertz CT molecular complexity index is 1700. The Morgan fingerprint density at radius 2 is 1.04 bits per heavy atom. The first-order valence-electron chi connectivity index (χ1n) is 16.6. The highest BCUT2D eigenvalue weighted by atomic mass is 15.1. The van der Waals surface area contributed by atoms with E-state index in [-0.39, 0.29) is 10.8 Å². The van der Waals surface area contributed by atoms with E-state index in [4.69, 9.17) is 5.73 Å². The van der Waals surface area contributed by atoms with Gasteiger partial charge in [-0.2, -0.15) is 9.15 Å². The predicted octanol–water partition coefficient (Wildman–Crippen LogP) is 7.79. The molecule has 6 rings (SSSR count). The van der Waals surface area contributed by atoms with Crippen molar-refractivity contribution in [2.45, 2.75) is 57.9 Å².